The van der Waals surface area contributed by atoms with Crippen molar-refractivity contribution >= 4 is 12.1 Å². The van der Waals surface area contributed by atoms with Crippen molar-refractivity contribution in [1.82, 2.24) is 9.99 Å². The number of carbonyl (C=O) groups is 1. The Bertz CT molecular complexity index is 1040. The third kappa shape index (κ3) is 4.39. The Labute approximate surface area is 166 Å². The normalized spacial score (nSPS) is 11.2. The van der Waals surface area contributed by atoms with Crippen LogP contribution >= 0.6 is 0 Å². The minimum absolute atomic E-state index is 0.119. The molecule has 1 amide bonds. The molecule has 1 N–H and O–H groups in total. The Hall–Kier alpha value is -3.14. The Morgan fingerprint density at radius 2 is 1.79 bits per heavy atom. The molecule has 0 aliphatic rings. The monoisotopic (exact) mass is 373 g/mol. The standard InChI is InChI=1S/C24H27N3O/c1-16-7-6-8-23(11-16)27-19(4)13-22(20(27)5)15-25-26-24(28)14-21-10-9-17(2)18(3)12-21/h6-13,15H,14H2,1-5H3,(H,26,28)/b25-15-. The summed E-state index contributed by atoms with van der Waals surface area (Å²) in [4.78, 5) is 12.2. The van der Waals surface area contributed by atoms with Gasteiger partial charge in [-0.3, -0.25) is 4.79 Å². The number of amides is 1. The summed E-state index contributed by atoms with van der Waals surface area (Å²) in [5.41, 5.74) is 11.6. The van der Waals surface area contributed by atoms with E-state index in [0.717, 1.165) is 28.2 Å². The summed E-state index contributed by atoms with van der Waals surface area (Å²) in [6.07, 6.45) is 2.04. The van der Waals surface area contributed by atoms with Crippen LogP contribution < -0.4 is 5.43 Å². The molecule has 0 unspecified atom stereocenters. The zero-order chi connectivity index (χ0) is 20.3. The van der Waals surface area contributed by atoms with Crippen LogP contribution in [0.2, 0.25) is 0 Å². The van der Waals surface area contributed by atoms with Gasteiger partial charge in [-0.25, -0.2) is 5.43 Å². The van der Waals surface area contributed by atoms with E-state index in [2.05, 4.69) is 80.0 Å². The SMILES string of the molecule is Cc1cccc(-n2c(C)cc(/C=N\NC(=O)Cc3ccc(C)c(C)c3)c2C)c1. The molecular formula is C24H27N3O. The molecule has 0 saturated carbocycles. The van der Waals surface area contributed by atoms with Crippen molar-refractivity contribution < 1.29 is 4.79 Å². The van der Waals surface area contributed by atoms with Crippen LogP contribution in [0.15, 0.2) is 53.6 Å². The topological polar surface area (TPSA) is 46.4 Å². The van der Waals surface area contributed by atoms with E-state index in [1.54, 1.807) is 6.21 Å². The number of benzene rings is 2. The van der Waals surface area contributed by atoms with Gasteiger partial charge in [-0.05, 0) is 75.1 Å². The predicted molar refractivity (Wildman–Crippen MR) is 115 cm³/mol. The molecular weight excluding hydrogens is 346 g/mol. The van der Waals surface area contributed by atoms with Crippen molar-refractivity contribution in [1.29, 1.82) is 0 Å². The van der Waals surface area contributed by atoms with E-state index in [9.17, 15) is 4.79 Å². The maximum atomic E-state index is 12.2. The number of carbonyl (C=O) groups excluding carboxylic acids is 1. The molecule has 0 spiro atoms. The number of aromatic nitrogens is 1. The second-order valence-corrected chi connectivity index (χ2v) is 7.39. The first kappa shape index (κ1) is 19.6. The van der Waals surface area contributed by atoms with Crippen molar-refractivity contribution in [2.24, 2.45) is 5.10 Å². The molecule has 144 valence electrons. The minimum Gasteiger partial charge on any atom is -0.318 e. The largest absolute Gasteiger partial charge is 0.318 e. The van der Waals surface area contributed by atoms with Gasteiger partial charge in [0.15, 0.2) is 0 Å². The number of nitrogens with one attached hydrogen (secondary N) is 1. The summed E-state index contributed by atoms with van der Waals surface area (Å²) in [6.45, 7) is 10.3. The number of nitrogens with zero attached hydrogens (tertiary/aromatic N) is 2. The fraction of sp³-hybridized carbons (Fsp3) is 0.250. The molecule has 0 saturated heterocycles. The molecule has 3 rings (SSSR count). The van der Waals surface area contributed by atoms with E-state index in [-0.39, 0.29) is 5.91 Å². The summed E-state index contributed by atoms with van der Waals surface area (Å²) in [5, 5.41) is 4.17. The van der Waals surface area contributed by atoms with Gasteiger partial charge < -0.3 is 4.57 Å². The number of hydrogen-bond acceptors (Lipinski definition) is 2. The van der Waals surface area contributed by atoms with Crippen LogP contribution in [0.25, 0.3) is 5.69 Å². The fourth-order valence-electron chi connectivity index (χ4n) is 3.39. The Kier molecular flexibility index (Phi) is 5.78. The number of hydrogen-bond donors (Lipinski definition) is 1. The third-order valence-corrected chi connectivity index (χ3v) is 5.06. The van der Waals surface area contributed by atoms with E-state index in [4.69, 9.17) is 0 Å². The van der Waals surface area contributed by atoms with Crippen molar-refractivity contribution in [3.05, 3.63) is 87.7 Å². The van der Waals surface area contributed by atoms with Crippen LogP contribution in [0.3, 0.4) is 0 Å². The summed E-state index contributed by atoms with van der Waals surface area (Å²) in [6, 6.07) is 16.6. The first-order chi connectivity index (χ1) is 13.3. The van der Waals surface area contributed by atoms with Gasteiger partial charge in [-0.1, -0.05) is 30.3 Å². The number of hydrazone groups is 1. The first-order valence-corrected chi connectivity index (χ1v) is 9.49. The molecule has 0 fully saturated rings. The third-order valence-electron chi connectivity index (χ3n) is 5.06. The average Bonchev–Trinajstić information content (AvgIpc) is 2.92. The lowest BCUT2D eigenvalue weighted by Crippen LogP contribution is -2.19. The zero-order valence-electron chi connectivity index (χ0n) is 17.2. The summed E-state index contributed by atoms with van der Waals surface area (Å²) in [5.74, 6) is -0.119. The number of aryl methyl sites for hydroxylation is 4. The molecule has 28 heavy (non-hydrogen) atoms. The Morgan fingerprint density at radius 3 is 2.50 bits per heavy atom. The lowest BCUT2D eigenvalue weighted by atomic mass is 10.0. The van der Waals surface area contributed by atoms with E-state index < -0.39 is 0 Å². The zero-order valence-corrected chi connectivity index (χ0v) is 17.2. The quantitative estimate of drug-likeness (QED) is 0.511. The lowest BCUT2D eigenvalue weighted by molar-refractivity contribution is -0.120. The van der Waals surface area contributed by atoms with Gasteiger partial charge in [0, 0.05) is 22.6 Å². The molecule has 0 radical (unpaired) electrons. The molecule has 4 heteroatoms. The van der Waals surface area contributed by atoms with Crippen LogP contribution in [-0.2, 0) is 11.2 Å². The molecule has 1 heterocycles. The Balaban J connectivity index is 1.70. The molecule has 1 aromatic heterocycles. The molecule has 3 aromatic rings. The second-order valence-electron chi connectivity index (χ2n) is 7.39. The smallest absolute Gasteiger partial charge is 0.244 e. The van der Waals surface area contributed by atoms with E-state index in [0.29, 0.717) is 6.42 Å². The van der Waals surface area contributed by atoms with Crippen LogP contribution in [0.1, 0.15) is 39.2 Å². The fourth-order valence-corrected chi connectivity index (χ4v) is 3.39. The van der Waals surface area contributed by atoms with Gasteiger partial charge in [0.1, 0.15) is 0 Å². The van der Waals surface area contributed by atoms with Crippen LogP contribution in [0.5, 0.6) is 0 Å². The van der Waals surface area contributed by atoms with Gasteiger partial charge in [0.2, 0.25) is 5.91 Å². The van der Waals surface area contributed by atoms with Crippen molar-refractivity contribution in [2.75, 3.05) is 0 Å². The highest BCUT2D eigenvalue weighted by atomic mass is 16.2. The summed E-state index contributed by atoms with van der Waals surface area (Å²) >= 11 is 0. The van der Waals surface area contributed by atoms with Gasteiger partial charge in [0.05, 0.1) is 12.6 Å². The van der Waals surface area contributed by atoms with E-state index >= 15 is 0 Å². The van der Waals surface area contributed by atoms with Crippen LogP contribution in [-0.4, -0.2) is 16.7 Å². The van der Waals surface area contributed by atoms with Gasteiger partial charge in [-0.15, -0.1) is 0 Å². The van der Waals surface area contributed by atoms with Gasteiger partial charge in [-0.2, -0.15) is 5.10 Å². The molecule has 0 bridgehead atoms. The summed E-state index contributed by atoms with van der Waals surface area (Å²) < 4.78 is 2.20. The molecule has 4 nitrogen and oxygen atoms in total. The minimum atomic E-state index is -0.119. The molecule has 0 aliphatic heterocycles. The molecule has 0 atom stereocenters. The highest BCUT2D eigenvalue weighted by molar-refractivity contribution is 5.84. The summed E-state index contributed by atoms with van der Waals surface area (Å²) in [7, 11) is 0. The van der Waals surface area contributed by atoms with Crippen LogP contribution in [0.4, 0.5) is 0 Å². The maximum Gasteiger partial charge on any atom is 0.244 e. The van der Waals surface area contributed by atoms with Gasteiger partial charge in [0.25, 0.3) is 0 Å². The highest BCUT2D eigenvalue weighted by Crippen LogP contribution is 2.20. The van der Waals surface area contributed by atoms with Crippen molar-refractivity contribution in [3.63, 3.8) is 0 Å². The van der Waals surface area contributed by atoms with Crippen molar-refractivity contribution in [3.8, 4) is 5.69 Å². The van der Waals surface area contributed by atoms with Gasteiger partial charge >= 0.3 is 0 Å². The molecule has 0 aliphatic carbocycles. The molecule has 2 aromatic carbocycles. The first-order valence-electron chi connectivity index (χ1n) is 9.49. The maximum absolute atomic E-state index is 12.2. The predicted octanol–water partition coefficient (Wildman–Crippen LogP) is 4.71. The number of rotatable bonds is 5. The Morgan fingerprint density at radius 1 is 1.00 bits per heavy atom. The second kappa shape index (κ2) is 8.26. The van der Waals surface area contributed by atoms with E-state index in [1.165, 1.54) is 16.7 Å². The van der Waals surface area contributed by atoms with Crippen LogP contribution in [0, 0.1) is 34.6 Å². The average molecular weight is 374 g/mol. The highest BCUT2D eigenvalue weighted by Gasteiger charge is 2.10. The van der Waals surface area contributed by atoms with E-state index in [1.807, 2.05) is 18.2 Å². The lowest BCUT2D eigenvalue weighted by Gasteiger charge is -2.10. The van der Waals surface area contributed by atoms with Crippen molar-refractivity contribution in [2.45, 2.75) is 41.0 Å².